The lowest BCUT2D eigenvalue weighted by molar-refractivity contribution is -0.122. The molecule has 1 N–H and O–H groups in total. The Morgan fingerprint density at radius 1 is 1.12 bits per heavy atom. The lowest BCUT2D eigenvalue weighted by atomic mass is 9.69. The fourth-order valence-corrected chi connectivity index (χ4v) is 3.65. The van der Waals surface area contributed by atoms with Gasteiger partial charge < -0.3 is 10.1 Å². The molecule has 0 aromatic heterocycles. The fourth-order valence-electron chi connectivity index (χ4n) is 3.65. The average molecular weight is 337 g/mol. The van der Waals surface area contributed by atoms with Crippen molar-refractivity contribution in [3.63, 3.8) is 0 Å². The van der Waals surface area contributed by atoms with Crippen molar-refractivity contribution in [2.75, 3.05) is 13.7 Å². The van der Waals surface area contributed by atoms with Gasteiger partial charge in [-0.15, -0.1) is 0 Å². The molecule has 3 rings (SSSR count). The third-order valence-corrected chi connectivity index (χ3v) is 4.97. The number of methoxy groups -OCH3 is 1. The molecule has 1 amide bonds. The van der Waals surface area contributed by atoms with Crippen molar-refractivity contribution in [3.8, 4) is 5.75 Å². The lowest BCUT2D eigenvalue weighted by Gasteiger charge is -2.37. The van der Waals surface area contributed by atoms with Crippen LogP contribution in [0.15, 0.2) is 54.6 Å². The summed E-state index contributed by atoms with van der Waals surface area (Å²) in [5, 5.41) is 3.03. The van der Waals surface area contributed by atoms with Crippen molar-refractivity contribution in [1.82, 2.24) is 5.32 Å². The largest absolute Gasteiger partial charge is 0.496 e. The molecule has 4 nitrogen and oxygen atoms in total. The number of ketones is 1. The Morgan fingerprint density at radius 2 is 1.84 bits per heavy atom. The number of rotatable bonds is 5. The predicted octanol–water partition coefficient (Wildman–Crippen LogP) is 3.51. The standard InChI is InChI=1S/C21H23NO3/c1-25-19-12-6-5-11-18(19)20(24)22-15-21(13-7-10-17(23)14-21)16-8-3-2-4-9-16/h2-6,8-9,11-12H,7,10,13-15H2,1H3,(H,22,24)/t21-/m0/s1. The van der Waals surface area contributed by atoms with Crippen LogP contribution in [0, 0.1) is 0 Å². The van der Waals surface area contributed by atoms with E-state index in [2.05, 4.69) is 5.32 Å². The SMILES string of the molecule is COc1ccccc1C(=O)NC[C@]1(c2ccccc2)CCCC(=O)C1. The van der Waals surface area contributed by atoms with Gasteiger partial charge in [-0.05, 0) is 30.5 Å². The number of amides is 1. The van der Waals surface area contributed by atoms with Gasteiger partial charge in [-0.25, -0.2) is 0 Å². The van der Waals surface area contributed by atoms with E-state index in [0.29, 0.717) is 30.7 Å². The first kappa shape index (κ1) is 17.2. The summed E-state index contributed by atoms with van der Waals surface area (Å²) in [5.74, 6) is 0.640. The Kier molecular flexibility index (Phi) is 5.17. The van der Waals surface area contributed by atoms with E-state index in [1.165, 1.54) is 0 Å². The van der Waals surface area contributed by atoms with Crippen molar-refractivity contribution in [2.24, 2.45) is 0 Å². The van der Waals surface area contributed by atoms with Crippen LogP contribution in [-0.2, 0) is 10.2 Å². The number of hydrogen-bond acceptors (Lipinski definition) is 3. The van der Waals surface area contributed by atoms with Gasteiger partial charge in [0.15, 0.2) is 0 Å². The molecular weight excluding hydrogens is 314 g/mol. The molecule has 0 radical (unpaired) electrons. The molecule has 0 aliphatic heterocycles. The fraction of sp³-hybridized carbons (Fsp3) is 0.333. The Morgan fingerprint density at radius 3 is 2.56 bits per heavy atom. The normalized spacial score (nSPS) is 20.1. The molecule has 4 heteroatoms. The maximum atomic E-state index is 12.6. The molecule has 0 spiro atoms. The van der Waals surface area contributed by atoms with Crippen LogP contribution in [0.1, 0.15) is 41.6 Å². The number of carbonyl (C=O) groups excluding carboxylic acids is 2. The van der Waals surface area contributed by atoms with Gasteiger partial charge in [0.25, 0.3) is 5.91 Å². The lowest BCUT2D eigenvalue weighted by Crippen LogP contribution is -2.44. The van der Waals surface area contributed by atoms with Crippen LogP contribution in [-0.4, -0.2) is 25.3 Å². The third-order valence-electron chi connectivity index (χ3n) is 4.97. The van der Waals surface area contributed by atoms with Crippen LogP contribution in [0.4, 0.5) is 0 Å². The third kappa shape index (κ3) is 3.73. The summed E-state index contributed by atoms with van der Waals surface area (Å²) in [5.41, 5.74) is 1.30. The highest BCUT2D eigenvalue weighted by Crippen LogP contribution is 2.37. The smallest absolute Gasteiger partial charge is 0.255 e. The second-order valence-electron chi connectivity index (χ2n) is 6.60. The first-order chi connectivity index (χ1) is 12.1. The van der Waals surface area contributed by atoms with Crippen LogP contribution in [0.25, 0.3) is 0 Å². The molecule has 0 bridgehead atoms. The second-order valence-corrected chi connectivity index (χ2v) is 6.60. The minimum absolute atomic E-state index is 0.175. The highest BCUT2D eigenvalue weighted by atomic mass is 16.5. The van der Waals surface area contributed by atoms with Gasteiger partial charge in [-0.1, -0.05) is 42.5 Å². The van der Waals surface area contributed by atoms with E-state index >= 15 is 0 Å². The summed E-state index contributed by atoms with van der Waals surface area (Å²) in [4.78, 5) is 24.8. The number of carbonyl (C=O) groups is 2. The Bertz CT molecular complexity index is 757. The molecule has 1 saturated carbocycles. The van der Waals surface area contributed by atoms with E-state index in [4.69, 9.17) is 4.74 Å². The molecule has 1 aliphatic rings. The molecule has 0 heterocycles. The van der Waals surface area contributed by atoms with Crippen molar-refractivity contribution in [3.05, 3.63) is 65.7 Å². The Labute approximate surface area is 148 Å². The van der Waals surface area contributed by atoms with E-state index < -0.39 is 0 Å². The molecule has 2 aromatic carbocycles. The highest BCUT2D eigenvalue weighted by molar-refractivity contribution is 5.97. The molecule has 130 valence electrons. The zero-order valence-electron chi connectivity index (χ0n) is 14.5. The maximum absolute atomic E-state index is 12.6. The molecule has 1 fully saturated rings. The first-order valence-corrected chi connectivity index (χ1v) is 8.63. The topological polar surface area (TPSA) is 55.4 Å². The van der Waals surface area contributed by atoms with E-state index in [-0.39, 0.29) is 17.1 Å². The average Bonchev–Trinajstić information content (AvgIpc) is 2.67. The summed E-state index contributed by atoms with van der Waals surface area (Å²) in [6.07, 6.45) is 2.87. The highest BCUT2D eigenvalue weighted by Gasteiger charge is 2.37. The molecule has 1 atom stereocenters. The van der Waals surface area contributed by atoms with E-state index in [9.17, 15) is 9.59 Å². The summed E-state index contributed by atoms with van der Waals surface area (Å²) in [7, 11) is 1.55. The molecule has 2 aromatic rings. The zero-order chi connectivity index (χ0) is 17.7. The van der Waals surface area contributed by atoms with Gasteiger partial charge in [-0.2, -0.15) is 0 Å². The number of hydrogen-bond donors (Lipinski definition) is 1. The summed E-state index contributed by atoms with van der Waals surface area (Å²) < 4.78 is 5.27. The molecule has 25 heavy (non-hydrogen) atoms. The minimum atomic E-state index is -0.325. The molecule has 0 saturated heterocycles. The Balaban J connectivity index is 1.82. The summed E-state index contributed by atoms with van der Waals surface area (Å²) in [6.45, 7) is 0.444. The summed E-state index contributed by atoms with van der Waals surface area (Å²) in [6, 6.07) is 17.2. The number of benzene rings is 2. The monoisotopic (exact) mass is 337 g/mol. The van der Waals surface area contributed by atoms with Crippen LogP contribution >= 0.6 is 0 Å². The van der Waals surface area contributed by atoms with Gasteiger partial charge in [0.05, 0.1) is 12.7 Å². The maximum Gasteiger partial charge on any atom is 0.255 e. The second kappa shape index (κ2) is 7.51. The van der Waals surface area contributed by atoms with Crippen molar-refractivity contribution in [2.45, 2.75) is 31.1 Å². The van der Waals surface area contributed by atoms with Crippen LogP contribution in [0.3, 0.4) is 0 Å². The van der Waals surface area contributed by atoms with Gasteiger partial charge >= 0.3 is 0 Å². The van der Waals surface area contributed by atoms with E-state index in [0.717, 1.165) is 18.4 Å². The van der Waals surface area contributed by atoms with Gasteiger partial charge in [-0.3, -0.25) is 9.59 Å². The van der Waals surface area contributed by atoms with Crippen molar-refractivity contribution < 1.29 is 14.3 Å². The molecular formula is C21H23NO3. The number of Topliss-reactive ketones (excluding diaryl/α,β-unsaturated/α-hetero) is 1. The molecule has 0 unspecified atom stereocenters. The summed E-state index contributed by atoms with van der Waals surface area (Å²) >= 11 is 0. The number of ether oxygens (including phenoxy) is 1. The first-order valence-electron chi connectivity index (χ1n) is 8.63. The predicted molar refractivity (Wildman–Crippen MR) is 96.9 cm³/mol. The Hall–Kier alpha value is -2.62. The molecule has 1 aliphatic carbocycles. The number of nitrogens with one attached hydrogen (secondary N) is 1. The zero-order valence-corrected chi connectivity index (χ0v) is 14.5. The van der Waals surface area contributed by atoms with Gasteiger partial charge in [0, 0.05) is 24.8 Å². The van der Waals surface area contributed by atoms with E-state index in [1.807, 2.05) is 42.5 Å². The van der Waals surface area contributed by atoms with E-state index in [1.54, 1.807) is 19.2 Å². The van der Waals surface area contributed by atoms with Crippen molar-refractivity contribution >= 4 is 11.7 Å². The van der Waals surface area contributed by atoms with Crippen LogP contribution < -0.4 is 10.1 Å². The van der Waals surface area contributed by atoms with Gasteiger partial charge in [0.1, 0.15) is 11.5 Å². The van der Waals surface area contributed by atoms with Crippen LogP contribution in [0.2, 0.25) is 0 Å². The van der Waals surface area contributed by atoms with Gasteiger partial charge in [0.2, 0.25) is 0 Å². The quantitative estimate of drug-likeness (QED) is 0.908. The number of para-hydroxylation sites is 1. The minimum Gasteiger partial charge on any atom is -0.496 e. The van der Waals surface area contributed by atoms with Crippen molar-refractivity contribution in [1.29, 1.82) is 0 Å². The van der Waals surface area contributed by atoms with Crippen LogP contribution in [0.5, 0.6) is 5.75 Å².